The predicted octanol–water partition coefficient (Wildman–Crippen LogP) is 1.37. The molecule has 0 unspecified atom stereocenters. The van der Waals surface area contributed by atoms with Crippen LogP contribution in [0.1, 0.15) is 31.8 Å². The number of fused-ring (bicyclic) bond motifs is 1. The molecule has 1 aromatic heterocycles. The van der Waals surface area contributed by atoms with Crippen LogP contribution in [0, 0.1) is 0 Å². The Hall–Kier alpha value is -2.89. The largest absolute Gasteiger partial charge is 0.465 e. The number of methoxy groups -OCH3 is 1. The summed E-state index contributed by atoms with van der Waals surface area (Å²) in [5.74, 6) is -0.521. The number of amides is 1. The number of hydrogen-bond acceptors (Lipinski definition) is 4. The molecule has 1 aliphatic rings. The van der Waals surface area contributed by atoms with Crippen molar-refractivity contribution < 1.29 is 14.3 Å². The van der Waals surface area contributed by atoms with Gasteiger partial charge in [-0.1, -0.05) is 0 Å². The second-order valence-electron chi connectivity index (χ2n) is 5.82. The summed E-state index contributed by atoms with van der Waals surface area (Å²) in [5, 5.41) is 0. The molecule has 0 fully saturated rings. The molecule has 1 aromatic carbocycles. The molecule has 0 atom stereocenters. The van der Waals surface area contributed by atoms with Gasteiger partial charge < -0.3 is 14.2 Å². The van der Waals surface area contributed by atoms with Gasteiger partial charge >= 0.3 is 5.97 Å². The van der Waals surface area contributed by atoms with Gasteiger partial charge in [0, 0.05) is 38.0 Å². The molecule has 124 valence electrons. The van der Waals surface area contributed by atoms with Gasteiger partial charge in [0.25, 0.3) is 11.5 Å². The predicted molar refractivity (Wildman–Crippen MR) is 87.9 cm³/mol. The van der Waals surface area contributed by atoms with Crippen molar-refractivity contribution >= 4 is 11.9 Å². The van der Waals surface area contributed by atoms with E-state index >= 15 is 0 Å². The van der Waals surface area contributed by atoms with Crippen LogP contribution in [0.4, 0.5) is 0 Å². The van der Waals surface area contributed by atoms with Crippen molar-refractivity contribution in [2.45, 2.75) is 13.0 Å². The van der Waals surface area contributed by atoms with E-state index in [9.17, 15) is 14.4 Å². The average molecular weight is 326 g/mol. The van der Waals surface area contributed by atoms with Gasteiger partial charge in [0.1, 0.15) is 0 Å². The third kappa shape index (κ3) is 2.95. The second-order valence-corrected chi connectivity index (χ2v) is 5.82. The van der Waals surface area contributed by atoms with Crippen molar-refractivity contribution in [1.82, 2.24) is 9.47 Å². The van der Waals surface area contributed by atoms with Crippen LogP contribution in [0.2, 0.25) is 0 Å². The fraction of sp³-hybridized carbons (Fsp3) is 0.278. The highest BCUT2D eigenvalue weighted by Crippen LogP contribution is 2.19. The number of hydrogen-bond donors (Lipinski definition) is 0. The van der Waals surface area contributed by atoms with E-state index in [0.29, 0.717) is 30.6 Å². The quantitative estimate of drug-likeness (QED) is 0.782. The maximum Gasteiger partial charge on any atom is 0.337 e. The third-order valence-corrected chi connectivity index (χ3v) is 4.26. The van der Waals surface area contributed by atoms with Crippen LogP contribution in [0.5, 0.6) is 0 Å². The number of carbonyl (C=O) groups excluding carboxylic acids is 2. The van der Waals surface area contributed by atoms with E-state index < -0.39 is 5.97 Å². The van der Waals surface area contributed by atoms with E-state index in [1.165, 1.54) is 11.7 Å². The third-order valence-electron chi connectivity index (χ3n) is 4.26. The van der Waals surface area contributed by atoms with E-state index in [4.69, 9.17) is 0 Å². The van der Waals surface area contributed by atoms with Crippen molar-refractivity contribution in [1.29, 1.82) is 0 Å². The highest BCUT2D eigenvalue weighted by atomic mass is 16.5. The van der Waals surface area contributed by atoms with Gasteiger partial charge in [-0.15, -0.1) is 0 Å². The highest BCUT2D eigenvalue weighted by molar-refractivity contribution is 5.96. The SMILES string of the molecule is COC(=O)c1ccc(C(=O)N2CCc3cc(=O)n(C)cc3C2)cc1. The lowest BCUT2D eigenvalue weighted by atomic mass is 10.0. The standard InChI is InChI=1S/C18H18N2O4/c1-19-10-15-11-20(8-7-14(15)9-16(19)21)17(22)12-3-5-13(6-4-12)18(23)24-2/h3-6,9-10H,7-8,11H2,1-2H3. The first kappa shape index (κ1) is 16.0. The zero-order valence-corrected chi connectivity index (χ0v) is 13.6. The number of pyridine rings is 1. The number of benzene rings is 1. The minimum absolute atomic E-state index is 0.0353. The number of rotatable bonds is 2. The van der Waals surface area contributed by atoms with Crippen LogP contribution in [-0.2, 0) is 24.8 Å². The molecule has 3 rings (SSSR count). The number of aromatic nitrogens is 1. The summed E-state index contributed by atoms with van der Waals surface area (Å²) < 4.78 is 6.18. The molecule has 0 radical (unpaired) electrons. The van der Waals surface area contributed by atoms with Crippen LogP contribution >= 0.6 is 0 Å². The Morgan fingerprint density at radius 1 is 1.08 bits per heavy atom. The molecule has 2 aromatic rings. The van der Waals surface area contributed by atoms with Crippen molar-refractivity contribution in [3.05, 3.63) is 69.1 Å². The van der Waals surface area contributed by atoms with Gasteiger partial charge in [-0.05, 0) is 41.8 Å². The second kappa shape index (κ2) is 6.31. The first-order chi connectivity index (χ1) is 11.5. The Morgan fingerprint density at radius 3 is 2.42 bits per heavy atom. The first-order valence-electron chi connectivity index (χ1n) is 7.65. The molecular formula is C18H18N2O4. The van der Waals surface area contributed by atoms with Gasteiger partial charge in [0.15, 0.2) is 0 Å². The van der Waals surface area contributed by atoms with Gasteiger partial charge in [0.2, 0.25) is 0 Å². The smallest absolute Gasteiger partial charge is 0.337 e. The van der Waals surface area contributed by atoms with Gasteiger partial charge in [-0.25, -0.2) is 4.79 Å². The zero-order chi connectivity index (χ0) is 17.3. The maximum absolute atomic E-state index is 12.7. The number of nitrogens with zero attached hydrogens (tertiary/aromatic N) is 2. The van der Waals surface area contributed by atoms with E-state index in [0.717, 1.165) is 11.1 Å². The van der Waals surface area contributed by atoms with Gasteiger partial charge in [0.05, 0.1) is 12.7 Å². The normalized spacial score (nSPS) is 13.3. The fourth-order valence-electron chi connectivity index (χ4n) is 2.86. The van der Waals surface area contributed by atoms with Crippen molar-refractivity contribution in [3.63, 3.8) is 0 Å². The topological polar surface area (TPSA) is 68.6 Å². The lowest BCUT2D eigenvalue weighted by Gasteiger charge is -2.29. The molecule has 6 heteroatoms. The highest BCUT2D eigenvalue weighted by Gasteiger charge is 2.22. The summed E-state index contributed by atoms with van der Waals surface area (Å²) in [4.78, 5) is 37.5. The number of aryl methyl sites for hydroxylation is 1. The zero-order valence-electron chi connectivity index (χ0n) is 13.6. The molecule has 1 aliphatic heterocycles. The Labute approximate surface area is 139 Å². The van der Waals surface area contributed by atoms with Crippen LogP contribution < -0.4 is 5.56 Å². The molecule has 0 N–H and O–H groups in total. The molecule has 2 heterocycles. The summed E-state index contributed by atoms with van der Waals surface area (Å²) >= 11 is 0. The van der Waals surface area contributed by atoms with Crippen molar-refractivity contribution in [2.75, 3.05) is 13.7 Å². The molecular weight excluding hydrogens is 308 g/mol. The molecule has 0 aliphatic carbocycles. The molecule has 1 amide bonds. The Kier molecular flexibility index (Phi) is 4.20. The Bertz CT molecular complexity index is 852. The summed E-state index contributed by atoms with van der Waals surface area (Å²) in [6.07, 6.45) is 2.45. The molecule has 6 nitrogen and oxygen atoms in total. The molecule has 0 saturated carbocycles. The Balaban J connectivity index is 1.80. The van der Waals surface area contributed by atoms with Crippen LogP contribution in [-0.4, -0.2) is 35.0 Å². The van der Waals surface area contributed by atoms with E-state index in [-0.39, 0.29) is 11.5 Å². The van der Waals surface area contributed by atoms with Crippen LogP contribution in [0.25, 0.3) is 0 Å². The monoisotopic (exact) mass is 326 g/mol. The fourth-order valence-corrected chi connectivity index (χ4v) is 2.86. The first-order valence-corrected chi connectivity index (χ1v) is 7.65. The molecule has 0 bridgehead atoms. The minimum Gasteiger partial charge on any atom is -0.465 e. The van der Waals surface area contributed by atoms with Crippen molar-refractivity contribution in [3.8, 4) is 0 Å². The molecule has 24 heavy (non-hydrogen) atoms. The lowest BCUT2D eigenvalue weighted by molar-refractivity contribution is 0.0599. The molecule has 0 spiro atoms. The molecule has 0 saturated heterocycles. The summed E-state index contributed by atoms with van der Waals surface area (Å²) in [5.41, 5.74) is 2.89. The van der Waals surface area contributed by atoms with Gasteiger partial charge in [-0.3, -0.25) is 9.59 Å². The number of ether oxygens (including phenoxy) is 1. The van der Waals surface area contributed by atoms with Crippen LogP contribution in [0.3, 0.4) is 0 Å². The number of esters is 1. The maximum atomic E-state index is 12.7. The lowest BCUT2D eigenvalue weighted by Crippen LogP contribution is -2.37. The summed E-state index contributed by atoms with van der Waals surface area (Å²) in [6.45, 7) is 1.04. The summed E-state index contributed by atoms with van der Waals surface area (Å²) in [7, 11) is 3.02. The van der Waals surface area contributed by atoms with Gasteiger partial charge in [-0.2, -0.15) is 0 Å². The van der Waals surface area contributed by atoms with Crippen molar-refractivity contribution in [2.24, 2.45) is 7.05 Å². The van der Waals surface area contributed by atoms with Crippen LogP contribution in [0.15, 0.2) is 41.3 Å². The average Bonchev–Trinajstić information content (AvgIpc) is 2.61. The van der Waals surface area contributed by atoms with E-state index in [2.05, 4.69) is 4.74 Å². The minimum atomic E-state index is -0.429. The van der Waals surface area contributed by atoms with E-state index in [1.54, 1.807) is 48.5 Å². The number of carbonyl (C=O) groups is 2. The Morgan fingerprint density at radius 2 is 1.75 bits per heavy atom. The summed E-state index contributed by atoms with van der Waals surface area (Å²) in [6, 6.07) is 8.07. The van der Waals surface area contributed by atoms with E-state index in [1.807, 2.05) is 0 Å².